The Morgan fingerprint density at radius 2 is 1.83 bits per heavy atom. The third-order valence-corrected chi connectivity index (χ3v) is 8.47. The van der Waals surface area contributed by atoms with Gasteiger partial charge in [0.1, 0.15) is 15.3 Å². The predicted octanol–water partition coefficient (Wildman–Crippen LogP) is 5.06. The summed E-state index contributed by atoms with van der Waals surface area (Å²) in [5.74, 6) is 1.12. The maximum atomic E-state index is 13.6. The molecule has 3 atom stereocenters. The highest BCUT2D eigenvalue weighted by Crippen LogP contribution is 2.39. The van der Waals surface area contributed by atoms with Crippen molar-refractivity contribution < 1.29 is 9.53 Å². The summed E-state index contributed by atoms with van der Waals surface area (Å²) in [4.78, 5) is 28.2. The van der Waals surface area contributed by atoms with E-state index < -0.39 is 5.25 Å². The van der Waals surface area contributed by atoms with Gasteiger partial charge in [-0.2, -0.15) is 0 Å². The van der Waals surface area contributed by atoms with Crippen molar-refractivity contribution in [2.24, 2.45) is 5.92 Å². The molecule has 3 heterocycles. The molecule has 0 spiro atoms. The van der Waals surface area contributed by atoms with E-state index in [4.69, 9.17) is 17.0 Å². The molecule has 2 bridgehead atoms. The number of pyridine rings is 1. The lowest BCUT2D eigenvalue weighted by atomic mass is 9.83. The average Bonchev–Trinajstić information content (AvgIpc) is 2.89. The van der Waals surface area contributed by atoms with Gasteiger partial charge in [-0.05, 0) is 43.0 Å². The van der Waals surface area contributed by atoms with E-state index in [1.807, 2.05) is 72.2 Å². The summed E-state index contributed by atoms with van der Waals surface area (Å²) >= 11 is 7.33. The molecule has 1 saturated heterocycles. The minimum atomic E-state index is -0.509. The number of para-hydroxylation sites is 2. The van der Waals surface area contributed by atoms with Crippen molar-refractivity contribution >= 4 is 39.9 Å². The van der Waals surface area contributed by atoms with Gasteiger partial charge >= 0.3 is 0 Å². The van der Waals surface area contributed by atoms with Gasteiger partial charge in [0.2, 0.25) is 5.91 Å². The highest BCUT2D eigenvalue weighted by molar-refractivity contribution is 8.23. The first-order valence-electron chi connectivity index (χ1n) is 12.3. The fraction of sp³-hybridized carbons (Fsp3) is 0.321. The third kappa shape index (κ3) is 5.20. The molecule has 1 N–H and O–H groups in total. The van der Waals surface area contributed by atoms with E-state index in [-0.39, 0.29) is 17.4 Å². The molecule has 1 amide bonds. The van der Waals surface area contributed by atoms with E-state index >= 15 is 0 Å². The minimum absolute atomic E-state index is 0.0701. The zero-order chi connectivity index (χ0) is 25.1. The molecule has 186 valence electrons. The number of rotatable bonds is 6. The van der Waals surface area contributed by atoms with E-state index in [1.165, 1.54) is 11.8 Å². The van der Waals surface area contributed by atoms with Gasteiger partial charge in [-0.3, -0.25) is 9.59 Å². The van der Waals surface area contributed by atoms with Crippen molar-refractivity contribution in [3.05, 3.63) is 94.4 Å². The van der Waals surface area contributed by atoms with Crippen molar-refractivity contribution in [3.8, 4) is 5.75 Å². The third-order valence-electron chi connectivity index (χ3n) is 6.74. The number of piperidine rings is 1. The second-order valence-electron chi connectivity index (χ2n) is 9.20. The van der Waals surface area contributed by atoms with Gasteiger partial charge in [0.05, 0.1) is 12.3 Å². The molecule has 36 heavy (non-hydrogen) atoms. The summed E-state index contributed by atoms with van der Waals surface area (Å²) in [5, 5.41) is 2.55. The normalized spacial score (nSPS) is 19.2. The summed E-state index contributed by atoms with van der Waals surface area (Å²) in [6.45, 7) is 4.69. The topological polar surface area (TPSA) is 63.6 Å². The number of hydrogen-bond acceptors (Lipinski definition) is 5. The van der Waals surface area contributed by atoms with Crippen molar-refractivity contribution in [2.45, 2.75) is 31.1 Å². The van der Waals surface area contributed by atoms with Crippen molar-refractivity contribution in [2.75, 3.05) is 25.0 Å². The second kappa shape index (κ2) is 10.9. The molecule has 0 radical (unpaired) electrons. The molecule has 0 saturated carbocycles. The Labute approximate surface area is 220 Å². The van der Waals surface area contributed by atoms with Crippen LogP contribution in [0, 0.1) is 5.92 Å². The number of nitrogens with one attached hydrogen (secondary N) is 1. The molecule has 2 aliphatic rings. The minimum Gasteiger partial charge on any atom is -0.492 e. The molecule has 3 aromatic rings. The van der Waals surface area contributed by atoms with Gasteiger partial charge < -0.3 is 19.5 Å². The van der Waals surface area contributed by atoms with Crippen LogP contribution in [-0.2, 0) is 11.3 Å². The number of thiocarbonyl (C=S) groups is 1. The number of nitrogens with zero attached hydrogens (tertiary/aromatic N) is 2. The monoisotopic (exact) mass is 519 g/mol. The number of carbonyl (C=O) groups is 1. The first-order chi connectivity index (χ1) is 17.5. The smallest absolute Gasteiger partial charge is 0.250 e. The largest absolute Gasteiger partial charge is 0.492 e. The average molecular weight is 520 g/mol. The molecule has 1 aromatic heterocycles. The number of hydrogen-bond donors (Lipinski definition) is 1. The van der Waals surface area contributed by atoms with Crippen LogP contribution in [0.1, 0.15) is 35.8 Å². The van der Waals surface area contributed by atoms with Gasteiger partial charge in [-0.25, -0.2) is 0 Å². The predicted molar refractivity (Wildman–Crippen MR) is 149 cm³/mol. The molecular formula is C28H29N3O3S2. The number of likely N-dealkylation sites (tertiary alicyclic amines) is 1. The summed E-state index contributed by atoms with van der Waals surface area (Å²) in [7, 11) is 0. The van der Waals surface area contributed by atoms with Crippen LogP contribution in [0.25, 0.3) is 0 Å². The Hall–Kier alpha value is -3.10. The number of ether oxygens (including phenoxy) is 1. The Morgan fingerprint density at radius 1 is 1.06 bits per heavy atom. The first-order valence-corrected chi connectivity index (χ1v) is 13.5. The van der Waals surface area contributed by atoms with Crippen LogP contribution in [0.3, 0.4) is 0 Å². The summed E-state index contributed by atoms with van der Waals surface area (Å²) in [6, 6.07) is 22.7. The van der Waals surface area contributed by atoms with E-state index in [0.29, 0.717) is 34.8 Å². The summed E-state index contributed by atoms with van der Waals surface area (Å²) in [5.41, 5.74) is 2.69. The Bertz CT molecular complexity index is 1310. The van der Waals surface area contributed by atoms with Crippen molar-refractivity contribution in [1.29, 1.82) is 0 Å². The molecule has 2 aliphatic heterocycles. The van der Waals surface area contributed by atoms with E-state index in [2.05, 4.69) is 16.3 Å². The fourth-order valence-electron chi connectivity index (χ4n) is 5.17. The summed E-state index contributed by atoms with van der Waals surface area (Å²) < 4.78 is 8.33. The van der Waals surface area contributed by atoms with Crippen LogP contribution < -0.4 is 15.6 Å². The molecule has 5 rings (SSSR count). The maximum Gasteiger partial charge on any atom is 0.250 e. The van der Waals surface area contributed by atoms with Crippen LogP contribution in [0.15, 0.2) is 77.6 Å². The number of anilines is 1. The van der Waals surface area contributed by atoms with Gasteiger partial charge in [0.25, 0.3) is 5.56 Å². The quantitative estimate of drug-likeness (QED) is 0.459. The van der Waals surface area contributed by atoms with Crippen LogP contribution in [0.2, 0.25) is 0 Å². The number of aromatic nitrogens is 1. The Kier molecular flexibility index (Phi) is 7.43. The number of thioether (sulfide) groups is 1. The molecular weight excluding hydrogens is 490 g/mol. The van der Waals surface area contributed by atoms with Gasteiger partial charge in [-0.1, -0.05) is 72.5 Å². The molecule has 8 heteroatoms. The fourth-order valence-corrected chi connectivity index (χ4v) is 6.57. The number of benzene rings is 2. The highest BCUT2D eigenvalue weighted by atomic mass is 32.2. The van der Waals surface area contributed by atoms with Crippen LogP contribution >= 0.6 is 24.0 Å². The lowest BCUT2D eigenvalue weighted by Crippen LogP contribution is -2.48. The lowest BCUT2D eigenvalue weighted by Gasteiger charge is -2.43. The van der Waals surface area contributed by atoms with E-state index in [1.54, 1.807) is 6.07 Å². The van der Waals surface area contributed by atoms with E-state index in [0.717, 1.165) is 30.8 Å². The molecule has 0 aliphatic carbocycles. The molecule has 1 fully saturated rings. The second-order valence-corrected chi connectivity index (χ2v) is 10.9. The molecule has 6 nitrogen and oxygen atoms in total. The van der Waals surface area contributed by atoms with Crippen LogP contribution in [0.5, 0.6) is 5.75 Å². The Balaban J connectivity index is 1.35. The zero-order valence-corrected chi connectivity index (χ0v) is 21.8. The van der Waals surface area contributed by atoms with Gasteiger partial charge in [-0.15, -0.1) is 0 Å². The molecule has 0 unspecified atom stereocenters. The van der Waals surface area contributed by atoms with Crippen molar-refractivity contribution in [1.82, 2.24) is 9.47 Å². The number of fused-ring (bicyclic) bond motifs is 4. The van der Waals surface area contributed by atoms with Crippen LogP contribution in [-0.4, -0.2) is 39.4 Å². The highest BCUT2D eigenvalue weighted by Gasteiger charge is 2.36. The number of amides is 1. The first kappa shape index (κ1) is 24.6. The van der Waals surface area contributed by atoms with Gasteiger partial charge in [0.15, 0.2) is 0 Å². The summed E-state index contributed by atoms with van der Waals surface area (Å²) in [6.07, 6.45) is 1.06. The number of carbonyl (C=O) groups excluding carboxylic acids is 1. The SMILES string of the molecule is CCOc1ccccc1NC(=O)[C@@H](SC(=S)N1C[C@H]2C[C@@H](C1)c1cccc(=O)n1C2)c1ccccc1. The van der Waals surface area contributed by atoms with Crippen LogP contribution in [0.4, 0.5) is 5.69 Å². The Morgan fingerprint density at radius 3 is 2.64 bits per heavy atom. The van der Waals surface area contributed by atoms with Crippen molar-refractivity contribution in [3.63, 3.8) is 0 Å². The standard InChI is InChI=1S/C28H29N3O3S2/c1-2-34-24-13-7-6-11-22(24)29-27(33)26(20-9-4-3-5-10-20)36-28(35)30-16-19-15-21(18-30)23-12-8-14-25(32)31(23)17-19/h3-14,19,21,26H,2,15-18H2,1H3,(H,29,33)/t19-,21+,26+/m1/s1. The van der Waals surface area contributed by atoms with Gasteiger partial charge in [0, 0.05) is 37.3 Å². The zero-order valence-electron chi connectivity index (χ0n) is 20.1. The molecule has 2 aromatic carbocycles. The van der Waals surface area contributed by atoms with E-state index in [9.17, 15) is 9.59 Å². The lowest BCUT2D eigenvalue weighted by molar-refractivity contribution is -0.115. The maximum absolute atomic E-state index is 13.6.